The van der Waals surface area contributed by atoms with Gasteiger partial charge in [-0.3, -0.25) is 0 Å². The summed E-state index contributed by atoms with van der Waals surface area (Å²) in [6, 6.07) is 0. The summed E-state index contributed by atoms with van der Waals surface area (Å²) in [4.78, 5) is 2.39. The van der Waals surface area contributed by atoms with Crippen LogP contribution in [0.1, 0.15) is 32.6 Å². The molecule has 2 aliphatic rings. The predicted octanol–water partition coefficient (Wildman–Crippen LogP) is 0.818. The topological polar surface area (TPSA) is 49.5 Å². The van der Waals surface area contributed by atoms with E-state index in [1.807, 2.05) is 6.92 Å². The van der Waals surface area contributed by atoms with Gasteiger partial charge < -0.3 is 15.7 Å². The van der Waals surface area contributed by atoms with Gasteiger partial charge in [-0.25, -0.2) is 0 Å². The molecule has 3 heteroatoms. The molecule has 88 valence electrons. The summed E-state index contributed by atoms with van der Waals surface area (Å²) in [5.74, 6) is 0.735. The van der Waals surface area contributed by atoms with Crippen LogP contribution in [0.15, 0.2) is 0 Å². The zero-order chi connectivity index (χ0) is 11.1. The number of nitrogens with zero attached hydrogens (tertiary/aromatic N) is 1. The molecular weight excluding hydrogens is 188 g/mol. The quantitative estimate of drug-likeness (QED) is 0.712. The van der Waals surface area contributed by atoms with Gasteiger partial charge in [0.2, 0.25) is 0 Å². The van der Waals surface area contributed by atoms with Crippen molar-refractivity contribution < 1.29 is 5.11 Å². The molecule has 1 heterocycles. The van der Waals surface area contributed by atoms with Crippen LogP contribution in [0.2, 0.25) is 0 Å². The van der Waals surface area contributed by atoms with Crippen LogP contribution in [0.3, 0.4) is 0 Å². The van der Waals surface area contributed by atoms with Crippen molar-refractivity contribution in [3.05, 3.63) is 0 Å². The number of hydrogen-bond acceptors (Lipinski definition) is 3. The molecule has 0 radical (unpaired) electrons. The standard InChI is InChI=1S/C12H24N2O/c1-11(15)7-12(8-11,9-13)10-3-5-14(2)6-4-10/h10,15H,3-9,13H2,1-2H3. The van der Waals surface area contributed by atoms with Crippen LogP contribution >= 0.6 is 0 Å². The van der Waals surface area contributed by atoms with Gasteiger partial charge in [0.25, 0.3) is 0 Å². The van der Waals surface area contributed by atoms with E-state index in [2.05, 4.69) is 11.9 Å². The summed E-state index contributed by atoms with van der Waals surface area (Å²) in [6.07, 6.45) is 4.32. The first kappa shape index (κ1) is 11.4. The van der Waals surface area contributed by atoms with E-state index >= 15 is 0 Å². The minimum absolute atomic E-state index is 0.255. The van der Waals surface area contributed by atoms with Crippen LogP contribution in [-0.2, 0) is 0 Å². The van der Waals surface area contributed by atoms with Crippen LogP contribution in [0.4, 0.5) is 0 Å². The maximum absolute atomic E-state index is 9.90. The van der Waals surface area contributed by atoms with Crippen molar-refractivity contribution in [2.75, 3.05) is 26.7 Å². The van der Waals surface area contributed by atoms with Gasteiger partial charge in [-0.15, -0.1) is 0 Å². The maximum atomic E-state index is 9.90. The summed E-state index contributed by atoms with van der Waals surface area (Å²) in [7, 11) is 2.18. The maximum Gasteiger partial charge on any atom is 0.0631 e. The Morgan fingerprint density at radius 3 is 2.27 bits per heavy atom. The second-order valence-corrected chi connectivity index (χ2v) is 5.99. The molecule has 0 unspecified atom stereocenters. The second kappa shape index (κ2) is 3.72. The molecule has 3 N–H and O–H groups in total. The minimum Gasteiger partial charge on any atom is -0.390 e. The number of aliphatic hydroxyl groups is 1. The average Bonchev–Trinajstić information content (AvgIpc) is 2.14. The fourth-order valence-electron chi connectivity index (χ4n) is 3.69. The molecule has 15 heavy (non-hydrogen) atoms. The average molecular weight is 212 g/mol. The highest BCUT2D eigenvalue weighted by atomic mass is 16.3. The number of nitrogens with two attached hydrogens (primary N) is 1. The Morgan fingerprint density at radius 2 is 1.87 bits per heavy atom. The van der Waals surface area contributed by atoms with Crippen LogP contribution in [0, 0.1) is 11.3 Å². The fraction of sp³-hybridized carbons (Fsp3) is 1.00. The molecule has 1 aliphatic carbocycles. The van der Waals surface area contributed by atoms with E-state index in [0.717, 1.165) is 25.3 Å². The lowest BCUT2D eigenvalue weighted by molar-refractivity contribution is -0.144. The van der Waals surface area contributed by atoms with E-state index in [4.69, 9.17) is 5.73 Å². The van der Waals surface area contributed by atoms with E-state index in [0.29, 0.717) is 0 Å². The van der Waals surface area contributed by atoms with Crippen LogP contribution in [0.25, 0.3) is 0 Å². The Kier molecular flexibility index (Phi) is 2.82. The lowest BCUT2D eigenvalue weighted by atomic mass is 9.52. The molecule has 0 aromatic carbocycles. The first-order valence-electron chi connectivity index (χ1n) is 6.08. The normalized spacial score (nSPS) is 44.0. The zero-order valence-corrected chi connectivity index (χ0v) is 10.00. The summed E-state index contributed by atoms with van der Waals surface area (Å²) in [6.45, 7) is 5.07. The van der Waals surface area contributed by atoms with Crippen LogP contribution < -0.4 is 5.73 Å². The molecule has 0 aromatic heterocycles. The molecule has 0 bridgehead atoms. The van der Waals surface area contributed by atoms with Gasteiger partial charge in [0.15, 0.2) is 0 Å². The Balaban J connectivity index is 1.97. The lowest BCUT2D eigenvalue weighted by Gasteiger charge is -2.57. The molecular formula is C12H24N2O. The molecule has 2 fully saturated rings. The van der Waals surface area contributed by atoms with E-state index in [1.54, 1.807) is 0 Å². The Hall–Kier alpha value is -0.120. The van der Waals surface area contributed by atoms with Crippen molar-refractivity contribution in [2.45, 2.75) is 38.2 Å². The minimum atomic E-state index is -0.442. The van der Waals surface area contributed by atoms with Crippen molar-refractivity contribution in [1.29, 1.82) is 0 Å². The van der Waals surface area contributed by atoms with Crippen LogP contribution in [-0.4, -0.2) is 42.3 Å². The Morgan fingerprint density at radius 1 is 1.33 bits per heavy atom. The molecule has 0 aromatic rings. The van der Waals surface area contributed by atoms with Gasteiger partial charge in [0.05, 0.1) is 5.60 Å². The molecule has 1 saturated carbocycles. The number of rotatable bonds is 2. The van der Waals surface area contributed by atoms with Gasteiger partial charge >= 0.3 is 0 Å². The molecule has 1 aliphatic heterocycles. The van der Waals surface area contributed by atoms with Crippen molar-refractivity contribution >= 4 is 0 Å². The number of hydrogen-bond donors (Lipinski definition) is 2. The Labute approximate surface area is 92.6 Å². The molecule has 3 nitrogen and oxygen atoms in total. The van der Waals surface area contributed by atoms with Gasteiger partial charge in [-0.2, -0.15) is 0 Å². The van der Waals surface area contributed by atoms with Crippen molar-refractivity contribution in [2.24, 2.45) is 17.1 Å². The number of piperidine rings is 1. The molecule has 0 amide bonds. The van der Waals surface area contributed by atoms with Crippen molar-refractivity contribution in [1.82, 2.24) is 4.90 Å². The van der Waals surface area contributed by atoms with Gasteiger partial charge in [-0.1, -0.05) is 0 Å². The summed E-state index contributed by atoms with van der Waals surface area (Å²) < 4.78 is 0. The van der Waals surface area contributed by atoms with Crippen molar-refractivity contribution in [3.8, 4) is 0 Å². The SMILES string of the molecule is CN1CCC(C2(CN)CC(C)(O)C2)CC1. The predicted molar refractivity (Wildman–Crippen MR) is 61.6 cm³/mol. The third-order valence-corrected chi connectivity index (χ3v) is 4.46. The zero-order valence-electron chi connectivity index (χ0n) is 10.00. The summed E-state index contributed by atoms with van der Waals surface area (Å²) in [5, 5.41) is 9.90. The first-order valence-corrected chi connectivity index (χ1v) is 6.08. The van der Waals surface area contributed by atoms with E-state index in [9.17, 15) is 5.11 Å². The van der Waals surface area contributed by atoms with Gasteiger partial charge in [-0.05, 0) is 70.6 Å². The van der Waals surface area contributed by atoms with Gasteiger partial charge in [0.1, 0.15) is 0 Å². The van der Waals surface area contributed by atoms with Crippen LogP contribution in [0.5, 0.6) is 0 Å². The summed E-state index contributed by atoms with van der Waals surface area (Å²) >= 11 is 0. The second-order valence-electron chi connectivity index (χ2n) is 5.99. The highest BCUT2D eigenvalue weighted by molar-refractivity contribution is 5.06. The lowest BCUT2D eigenvalue weighted by Crippen LogP contribution is -2.58. The fourth-order valence-corrected chi connectivity index (χ4v) is 3.69. The highest BCUT2D eigenvalue weighted by Crippen LogP contribution is 2.54. The van der Waals surface area contributed by atoms with E-state index < -0.39 is 5.60 Å². The first-order chi connectivity index (χ1) is 6.97. The highest BCUT2D eigenvalue weighted by Gasteiger charge is 2.54. The molecule has 0 atom stereocenters. The number of likely N-dealkylation sites (tertiary alicyclic amines) is 1. The van der Waals surface area contributed by atoms with E-state index in [-0.39, 0.29) is 5.41 Å². The van der Waals surface area contributed by atoms with Crippen molar-refractivity contribution in [3.63, 3.8) is 0 Å². The van der Waals surface area contributed by atoms with Gasteiger partial charge in [0, 0.05) is 0 Å². The largest absolute Gasteiger partial charge is 0.390 e. The molecule has 1 saturated heterocycles. The molecule has 2 rings (SSSR count). The third-order valence-electron chi connectivity index (χ3n) is 4.46. The smallest absolute Gasteiger partial charge is 0.0631 e. The summed E-state index contributed by atoms with van der Waals surface area (Å²) in [5.41, 5.74) is 5.74. The molecule has 0 spiro atoms. The monoisotopic (exact) mass is 212 g/mol. The Bertz CT molecular complexity index is 224. The van der Waals surface area contributed by atoms with E-state index in [1.165, 1.54) is 25.9 Å². The third kappa shape index (κ3) is 2.05.